The molecule has 204 valence electrons. The van der Waals surface area contributed by atoms with Gasteiger partial charge in [0.2, 0.25) is 5.91 Å². The molecule has 1 amide bonds. The molecule has 40 heavy (non-hydrogen) atoms. The number of aryl methyl sites for hydroxylation is 3. The number of nitrogens with zero attached hydrogens (tertiary/aromatic N) is 2. The van der Waals surface area contributed by atoms with E-state index in [0.29, 0.717) is 23.2 Å². The van der Waals surface area contributed by atoms with E-state index >= 15 is 0 Å². The van der Waals surface area contributed by atoms with Crippen molar-refractivity contribution in [2.75, 3.05) is 11.9 Å². The molecule has 2 aromatic heterocycles. The Morgan fingerprint density at radius 3 is 2.60 bits per heavy atom. The Morgan fingerprint density at radius 2 is 1.88 bits per heavy atom. The molecule has 2 aromatic carbocycles. The maximum atomic E-state index is 13.0. The molecule has 1 saturated heterocycles. The quantitative estimate of drug-likeness (QED) is 0.229. The number of furan rings is 1. The lowest BCUT2D eigenvalue weighted by Gasteiger charge is -2.26. The number of benzene rings is 2. The Bertz CT molecular complexity index is 1580. The minimum atomic E-state index is -0.976. The molecule has 2 atom stereocenters. The van der Waals surface area contributed by atoms with E-state index in [9.17, 15) is 14.7 Å². The summed E-state index contributed by atoms with van der Waals surface area (Å²) in [5.41, 5.74) is 5.50. The molecule has 0 unspecified atom stereocenters. The largest absolute Gasteiger partial charge is 0.478 e. The van der Waals surface area contributed by atoms with E-state index in [-0.39, 0.29) is 30.0 Å². The van der Waals surface area contributed by atoms with Gasteiger partial charge in [-0.25, -0.2) is 4.79 Å². The molecule has 3 N–H and O–H groups in total. The molecule has 1 aliphatic heterocycles. The van der Waals surface area contributed by atoms with Gasteiger partial charge >= 0.3 is 5.97 Å². The van der Waals surface area contributed by atoms with Crippen LogP contribution in [0.1, 0.15) is 57.0 Å². The maximum Gasteiger partial charge on any atom is 0.335 e. The van der Waals surface area contributed by atoms with Crippen molar-refractivity contribution < 1.29 is 19.1 Å². The number of anilines is 1. The number of rotatable bonds is 8. The monoisotopic (exact) mass is 554 g/mol. The van der Waals surface area contributed by atoms with E-state index in [1.807, 2.05) is 74.2 Å². The number of nitrogens with one attached hydrogen (secondary N) is 2. The smallest absolute Gasteiger partial charge is 0.335 e. The topological polar surface area (TPSA) is 108 Å². The molecule has 0 saturated carbocycles. The van der Waals surface area contributed by atoms with Gasteiger partial charge in [-0.2, -0.15) is 0 Å². The van der Waals surface area contributed by atoms with Crippen molar-refractivity contribution in [3.05, 3.63) is 107 Å². The van der Waals surface area contributed by atoms with Crippen LogP contribution in [0.25, 0.3) is 11.3 Å². The first-order valence-electron chi connectivity index (χ1n) is 13.0. The SMILES string of the molecule is Cc1ccc(C)c(NC(=O)CCN2C(=S)N[C@@H](c3ccccn3)[C@H]2c2ccc(-c3ccc(C(=O)O)cc3C)o2)c1. The molecule has 0 aliphatic carbocycles. The van der Waals surface area contributed by atoms with Gasteiger partial charge < -0.3 is 25.1 Å². The van der Waals surface area contributed by atoms with Crippen LogP contribution in [0.3, 0.4) is 0 Å². The molecular formula is C31H30N4O4S. The normalized spacial score (nSPS) is 16.6. The third kappa shape index (κ3) is 5.60. The third-order valence-corrected chi connectivity index (χ3v) is 7.45. The van der Waals surface area contributed by atoms with Gasteiger partial charge in [0.25, 0.3) is 0 Å². The number of carboxylic acid groups (broad SMARTS) is 1. The number of carbonyl (C=O) groups excluding carboxylic acids is 1. The zero-order valence-corrected chi connectivity index (χ0v) is 23.3. The summed E-state index contributed by atoms with van der Waals surface area (Å²) < 4.78 is 6.38. The Balaban J connectivity index is 1.41. The molecule has 8 nitrogen and oxygen atoms in total. The predicted octanol–water partition coefficient (Wildman–Crippen LogP) is 5.97. The van der Waals surface area contributed by atoms with Crippen LogP contribution in [-0.4, -0.2) is 38.5 Å². The number of thiocarbonyl (C=S) groups is 1. The van der Waals surface area contributed by atoms with Crippen molar-refractivity contribution in [1.82, 2.24) is 15.2 Å². The second-order valence-corrected chi connectivity index (χ2v) is 10.4. The molecule has 0 radical (unpaired) electrons. The van der Waals surface area contributed by atoms with Gasteiger partial charge in [0.1, 0.15) is 17.6 Å². The summed E-state index contributed by atoms with van der Waals surface area (Å²) in [5.74, 6) is 0.200. The maximum absolute atomic E-state index is 13.0. The summed E-state index contributed by atoms with van der Waals surface area (Å²) >= 11 is 5.73. The van der Waals surface area contributed by atoms with Gasteiger partial charge in [0.15, 0.2) is 5.11 Å². The van der Waals surface area contributed by atoms with Crippen molar-refractivity contribution in [2.45, 2.75) is 39.3 Å². The molecule has 0 bridgehead atoms. The number of carboxylic acids is 1. The molecular weight excluding hydrogens is 524 g/mol. The highest BCUT2D eigenvalue weighted by molar-refractivity contribution is 7.80. The number of amides is 1. The van der Waals surface area contributed by atoms with Crippen molar-refractivity contribution in [2.24, 2.45) is 0 Å². The van der Waals surface area contributed by atoms with Crippen molar-refractivity contribution in [1.29, 1.82) is 0 Å². The van der Waals surface area contributed by atoms with Crippen LogP contribution >= 0.6 is 12.2 Å². The zero-order chi connectivity index (χ0) is 28.4. The predicted molar refractivity (Wildman–Crippen MR) is 157 cm³/mol. The molecule has 1 aliphatic rings. The van der Waals surface area contributed by atoms with Gasteiger partial charge in [0.05, 0.1) is 17.3 Å². The van der Waals surface area contributed by atoms with Gasteiger partial charge in [-0.1, -0.05) is 24.3 Å². The van der Waals surface area contributed by atoms with Crippen LogP contribution in [0.4, 0.5) is 5.69 Å². The minimum Gasteiger partial charge on any atom is -0.478 e. The van der Waals surface area contributed by atoms with Crippen LogP contribution in [-0.2, 0) is 4.79 Å². The summed E-state index contributed by atoms with van der Waals surface area (Å²) in [7, 11) is 0. The zero-order valence-electron chi connectivity index (χ0n) is 22.5. The summed E-state index contributed by atoms with van der Waals surface area (Å²) in [5, 5.41) is 16.2. The van der Waals surface area contributed by atoms with Crippen molar-refractivity contribution in [3.8, 4) is 11.3 Å². The summed E-state index contributed by atoms with van der Waals surface area (Å²) in [6.07, 6.45) is 1.96. The molecule has 9 heteroatoms. The molecule has 5 rings (SSSR count). The summed E-state index contributed by atoms with van der Waals surface area (Å²) in [4.78, 5) is 30.9. The second-order valence-electron chi connectivity index (χ2n) is 9.97. The van der Waals surface area contributed by atoms with Crippen LogP contribution in [0, 0.1) is 20.8 Å². The standard InChI is InChI=1S/C31H30N4O4S/c1-18-7-8-19(2)24(16-18)33-27(36)13-15-35-29(28(34-31(35)40)23-6-4-5-14-32-23)26-12-11-25(39-26)22-10-9-21(30(37)38)17-20(22)3/h4-12,14,16-17,28-29H,13,15H2,1-3H3,(H,33,36)(H,34,40)(H,37,38)/t28-,29+/m0/s1. The first-order chi connectivity index (χ1) is 19.2. The average Bonchev–Trinajstić information content (AvgIpc) is 3.54. The van der Waals surface area contributed by atoms with Gasteiger partial charge in [-0.05, 0) is 92.1 Å². The number of hydrogen-bond donors (Lipinski definition) is 3. The molecule has 0 spiro atoms. The number of pyridine rings is 1. The van der Waals surface area contributed by atoms with E-state index in [2.05, 4.69) is 15.6 Å². The Labute approximate surface area is 238 Å². The van der Waals surface area contributed by atoms with Crippen molar-refractivity contribution >= 4 is 34.9 Å². The highest BCUT2D eigenvalue weighted by Gasteiger charge is 2.41. The lowest BCUT2D eigenvalue weighted by atomic mass is 10.0. The van der Waals surface area contributed by atoms with E-state index in [0.717, 1.165) is 33.6 Å². The lowest BCUT2D eigenvalue weighted by molar-refractivity contribution is -0.116. The lowest BCUT2D eigenvalue weighted by Crippen LogP contribution is -2.32. The van der Waals surface area contributed by atoms with Crippen molar-refractivity contribution in [3.63, 3.8) is 0 Å². The number of carbonyl (C=O) groups is 2. The first kappa shape index (κ1) is 27.1. The fourth-order valence-electron chi connectivity index (χ4n) is 4.99. The third-order valence-electron chi connectivity index (χ3n) is 7.10. The van der Waals surface area contributed by atoms with Gasteiger partial charge in [-0.3, -0.25) is 9.78 Å². The highest BCUT2D eigenvalue weighted by atomic mass is 32.1. The van der Waals surface area contributed by atoms with E-state index in [4.69, 9.17) is 16.6 Å². The summed E-state index contributed by atoms with van der Waals surface area (Å²) in [6, 6.07) is 19.8. The summed E-state index contributed by atoms with van der Waals surface area (Å²) in [6.45, 7) is 6.19. The van der Waals surface area contributed by atoms with E-state index in [1.165, 1.54) is 0 Å². The molecule has 1 fully saturated rings. The van der Waals surface area contributed by atoms with Gasteiger partial charge in [-0.15, -0.1) is 0 Å². The van der Waals surface area contributed by atoms with E-state index < -0.39 is 5.97 Å². The number of aromatic nitrogens is 1. The van der Waals surface area contributed by atoms with Crippen LogP contribution < -0.4 is 10.6 Å². The Kier molecular flexibility index (Phi) is 7.66. The van der Waals surface area contributed by atoms with Crippen LogP contribution in [0.2, 0.25) is 0 Å². The fraction of sp³-hybridized carbons (Fsp3) is 0.226. The second kappa shape index (κ2) is 11.3. The van der Waals surface area contributed by atoms with Crippen LogP contribution in [0.5, 0.6) is 0 Å². The Hall–Kier alpha value is -4.50. The average molecular weight is 555 g/mol. The first-order valence-corrected chi connectivity index (χ1v) is 13.4. The minimum absolute atomic E-state index is 0.106. The Morgan fingerprint density at radius 1 is 1.05 bits per heavy atom. The fourth-order valence-corrected chi connectivity index (χ4v) is 5.32. The molecule has 4 aromatic rings. The highest BCUT2D eigenvalue weighted by Crippen LogP contribution is 2.41. The molecule has 3 heterocycles. The van der Waals surface area contributed by atoms with Gasteiger partial charge in [0, 0.05) is 30.4 Å². The number of hydrogen-bond acceptors (Lipinski definition) is 5. The van der Waals surface area contributed by atoms with Crippen LogP contribution in [0.15, 0.2) is 77.3 Å². The van der Waals surface area contributed by atoms with E-state index in [1.54, 1.807) is 24.4 Å². The number of aromatic carboxylic acids is 1.